The van der Waals surface area contributed by atoms with Crippen LogP contribution in [0, 0.1) is 0 Å². The highest BCUT2D eigenvalue weighted by Crippen LogP contribution is 2.39. The van der Waals surface area contributed by atoms with Crippen molar-refractivity contribution in [2.45, 2.75) is 25.0 Å². The second-order valence-corrected chi connectivity index (χ2v) is 5.84. The van der Waals surface area contributed by atoms with Gasteiger partial charge in [-0.3, -0.25) is 4.79 Å². The van der Waals surface area contributed by atoms with Crippen molar-refractivity contribution in [2.24, 2.45) is 0 Å². The number of hydrogen-bond acceptors (Lipinski definition) is 5. The summed E-state index contributed by atoms with van der Waals surface area (Å²) in [6.07, 6.45) is 0.981. The summed E-state index contributed by atoms with van der Waals surface area (Å²) in [5, 5.41) is 16.5. The summed E-state index contributed by atoms with van der Waals surface area (Å²) >= 11 is 6.14. The molecule has 0 aromatic heterocycles. The number of fused-ring (bicyclic) bond motifs is 1. The molecule has 2 unspecified atom stereocenters. The molecule has 2 atom stereocenters. The Balaban J connectivity index is 0.00000192. The first-order valence-corrected chi connectivity index (χ1v) is 7.81. The molecule has 3 N–H and O–H groups in total. The van der Waals surface area contributed by atoms with E-state index in [1.807, 2.05) is 0 Å². The topological polar surface area (TPSA) is 79.8 Å². The normalized spacial score (nSPS) is 20.5. The lowest BCUT2D eigenvalue weighted by atomic mass is 10.1. The molecule has 1 fully saturated rings. The Hall–Kier alpha value is -1.21. The molecule has 8 heteroatoms. The summed E-state index contributed by atoms with van der Waals surface area (Å²) in [5.74, 6) is 0.944. The maximum Gasteiger partial charge on any atom is 0.237 e. The number of benzene rings is 1. The molecule has 23 heavy (non-hydrogen) atoms. The van der Waals surface area contributed by atoms with Gasteiger partial charge in [-0.15, -0.1) is 12.4 Å². The van der Waals surface area contributed by atoms with Crippen LogP contribution in [0.1, 0.15) is 24.5 Å². The van der Waals surface area contributed by atoms with E-state index in [4.69, 9.17) is 21.1 Å². The number of rotatable bonds is 4. The van der Waals surface area contributed by atoms with E-state index in [0.717, 1.165) is 19.4 Å². The first-order valence-electron chi connectivity index (χ1n) is 7.43. The monoisotopic (exact) mass is 362 g/mol. The molecule has 2 heterocycles. The van der Waals surface area contributed by atoms with E-state index in [2.05, 4.69) is 10.6 Å². The van der Waals surface area contributed by atoms with Crippen LogP contribution in [0.15, 0.2) is 12.1 Å². The molecule has 1 aromatic rings. The quantitative estimate of drug-likeness (QED) is 0.754. The van der Waals surface area contributed by atoms with Gasteiger partial charge in [0.1, 0.15) is 13.2 Å². The zero-order chi connectivity index (χ0) is 15.5. The molecule has 2 aliphatic heterocycles. The molecule has 3 rings (SSSR count). The van der Waals surface area contributed by atoms with Crippen LogP contribution >= 0.6 is 24.0 Å². The van der Waals surface area contributed by atoms with Crippen LogP contribution in [0.5, 0.6) is 11.5 Å². The fourth-order valence-corrected chi connectivity index (χ4v) is 2.94. The number of hydrogen-bond donors (Lipinski definition) is 3. The van der Waals surface area contributed by atoms with Crippen molar-refractivity contribution in [1.82, 2.24) is 10.6 Å². The number of nitrogens with one attached hydrogen (secondary N) is 2. The van der Waals surface area contributed by atoms with Gasteiger partial charge >= 0.3 is 0 Å². The Morgan fingerprint density at radius 2 is 2.22 bits per heavy atom. The summed E-state index contributed by atoms with van der Waals surface area (Å²) in [5.41, 5.74) is 0.592. The Labute approximate surface area is 145 Å². The first-order chi connectivity index (χ1) is 10.6. The fourth-order valence-electron chi connectivity index (χ4n) is 2.67. The second-order valence-electron chi connectivity index (χ2n) is 5.44. The van der Waals surface area contributed by atoms with Crippen LogP contribution in [0.3, 0.4) is 0 Å². The van der Waals surface area contributed by atoms with Crippen molar-refractivity contribution in [3.63, 3.8) is 0 Å². The number of carbonyl (C=O) groups excluding carboxylic acids is 1. The van der Waals surface area contributed by atoms with Crippen molar-refractivity contribution in [3.05, 3.63) is 22.7 Å². The van der Waals surface area contributed by atoms with Gasteiger partial charge in [0.15, 0.2) is 11.5 Å². The van der Waals surface area contributed by atoms with Crippen molar-refractivity contribution in [2.75, 3.05) is 26.3 Å². The minimum Gasteiger partial charge on any atom is -0.486 e. The van der Waals surface area contributed by atoms with E-state index in [9.17, 15) is 9.90 Å². The van der Waals surface area contributed by atoms with Crippen LogP contribution in [0.4, 0.5) is 0 Å². The largest absolute Gasteiger partial charge is 0.486 e. The van der Waals surface area contributed by atoms with E-state index in [-0.39, 0.29) is 30.9 Å². The van der Waals surface area contributed by atoms with Crippen LogP contribution in [-0.4, -0.2) is 43.4 Å². The molecule has 128 valence electrons. The lowest BCUT2D eigenvalue weighted by Crippen LogP contribution is -2.41. The van der Waals surface area contributed by atoms with E-state index < -0.39 is 6.10 Å². The zero-order valence-electron chi connectivity index (χ0n) is 12.5. The van der Waals surface area contributed by atoms with E-state index in [0.29, 0.717) is 35.3 Å². The van der Waals surface area contributed by atoms with Crippen LogP contribution in [0.25, 0.3) is 0 Å². The van der Waals surface area contributed by atoms with Crippen LogP contribution in [0.2, 0.25) is 5.02 Å². The SMILES string of the molecule is Cl.O=C(NCC(O)c1cc(Cl)c2c(c1)OCCO2)C1CCCN1. The molecule has 1 amide bonds. The summed E-state index contributed by atoms with van der Waals surface area (Å²) in [4.78, 5) is 11.9. The standard InChI is InChI=1S/C15H19ClN2O4.ClH/c16-10-6-9(7-13-14(10)22-5-4-21-13)12(19)8-18-15(20)11-2-1-3-17-11;/h6-7,11-12,17,19H,1-5,8H2,(H,18,20);1H. The van der Waals surface area contributed by atoms with Gasteiger partial charge in [-0.05, 0) is 37.1 Å². The minimum absolute atomic E-state index is 0. The lowest BCUT2D eigenvalue weighted by molar-refractivity contribution is -0.123. The smallest absolute Gasteiger partial charge is 0.237 e. The van der Waals surface area contributed by atoms with Crippen molar-refractivity contribution in [3.8, 4) is 11.5 Å². The fraction of sp³-hybridized carbons (Fsp3) is 0.533. The average molecular weight is 363 g/mol. The van der Waals surface area contributed by atoms with Crippen LogP contribution < -0.4 is 20.1 Å². The molecule has 0 radical (unpaired) electrons. The molecule has 0 saturated carbocycles. The highest BCUT2D eigenvalue weighted by atomic mass is 35.5. The summed E-state index contributed by atoms with van der Waals surface area (Å²) in [7, 11) is 0. The molecule has 1 saturated heterocycles. The molecular weight excluding hydrogens is 343 g/mol. The van der Waals surface area contributed by atoms with Gasteiger partial charge in [-0.25, -0.2) is 0 Å². The average Bonchev–Trinajstić information content (AvgIpc) is 3.06. The van der Waals surface area contributed by atoms with Gasteiger partial charge in [0, 0.05) is 6.54 Å². The molecule has 1 aromatic carbocycles. The van der Waals surface area contributed by atoms with Crippen molar-refractivity contribution >= 4 is 29.9 Å². The van der Waals surface area contributed by atoms with Crippen molar-refractivity contribution < 1.29 is 19.4 Å². The number of aliphatic hydroxyl groups excluding tert-OH is 1. The number of aliphatic hydroxyl groups is 1. The van der Waals surface area contributed by atoms with Gasteiger partial charge in [0.05, 0.1) is 17.2 Å². The molecule has 2 aliphatic rings. The number of halogens is 2. The van der Waals surface area contributed by atoms with Gasteiger partial charge in [-0.1, -0.05) is 11.6 Å². The third kappa shape index (κ3) is 4.20. The van der Waals surface area contributed by atoms with E-state index >= 15 is 0 Å². The Kier molecular flexibility index (Phi) is 6.35. The second kappa shape index (κ2) is 8.06. The van der Waals surface area contributed by atoms with Gasteiger partial charge in [-0.2, -0.15) is 0 Å². The maximum absolute atomic E-state index is 11.9. The third-order valence-electron chi connectivity index (χ3n) is 3.85. The van der Waals surface area contributed by atoms with Gasteiger partial charge in [0.2, 0.25) is 5.91 Å². The third-order valence-corrected chi connectivity index (χ3v) is 4.13. The predicted molar refractivity (Wildman–Crippen MR) is 88.7 cm³/mol. The Bertz CT molecular complexity index is 565. The van der Waals surface area contributed by atoms with Crippen LogP contribution in [-0.2, 0) is 4.79 Å². The molecule has 6 nitrogen and oxygen atoms in total. The Morgan fingerprint density at radius 1 is 1.43 bits per heavy atom. The minimum atomic E-state index is -0.848. The summed E-state index contributed by atoms with van der Waals surface area (Å²) in [6, 6.07) is 3.18. The van der Waals surface area contributed by atoms with Gasteiger partial charge < -0.3 is 25.2 Å². The molecule has 0 bridgehead atoms. The van der Waals surface area contributed by atoms with Gasteiger partial charge in [0.25, 0.3) is 0 Å². The van der Waals surface area contributed by atoms with Crippen molar-refractivity contribution in [1.29, 1.82) is 0 Å². The zero-order valence-corrected chi connectivity index (χ0v) is 14.1. The molecule has 0 spiro atoms. The summed E-state index contributed by atoms with van der Waals surface area (Å²) < 4.78 is 10.9. The summed E-state index contributed by atoms with van der Waals surface area (Å²) in [6.45, 7) is 1.90. The Morgan fingerprint density at radius 3 is 2.96 bits per heavy atom. The lowest BCUT2D eigenvalue weighted by Gasteiger charge is -2.22. The maximum atomic E-state index is 11.9. The molecular formula is C15H20Cl2N2O4. The van der Waals surface area contributed by atoms with E-state index in [1.54, 1.807) is 12.1 Å². The number of amides is 1. The number of ether oxygens (including phenoxy) is 2. The molecule has 0 aliphatic carbocycles. The first kappa shape index (κ1) is 18.1. The predicted octanol–water partition coefficient (Wildman–Crippen LogP) is 1.43. The highest BCUT2D eigenvalue weighted by molar-refractivity contribution is 6.32. The van der Waals surface area contributed by atoms with E-state index in [1.165, 1.54) is 0 Å². The number of carbonyl (C=O) groups is 1. The highest BCUT2D eigenvalue weighted by Gasteiger charge is 2.23.